The Kier molecular flexibility index (Phi) is 6.74. The van der Waals surface area contributed by atoms with E-state index in [2.05, 4.69) is 10.3 Å². The van der Waals surface area contributed by atoms with Crippen molar-refractivity contribution in [2.24, 2.45) is 5.41 Å². The first-order valence-electron chi connectivity index (χ1n) is 10.0. The highest BCUT2D eigenvalue weighted by molar-refractivity contribution is 5.92. The van der Waals surface area contributed by atoms with Crippen LogP contribution in [0, 0.1) is 5.41 Å². The van der Waals surface area contributed by atoms with E-state index in [-0.39, 0.29) is 25.2 Å². The van der Waals surface area contributed by atoms with Crippen LogP contribution in [0.2, 0.25) is 0 Å². The number of nitrogens with one attached hydrogen (secondary N) is 2. The number of fused-ring (bicyclic) bond motifs is 1. The summed E-state index contributed by atoms with van der Waals surface area (Å²) in [5.74, 6) is -1.44. The Morgan fingerprint density at radius 1 is 1.06 bits per heavy atom. The highest BCUT2D eigenvalue weighted by Gasteiger charge is 2.34. The van der Waals surface area contributed by atoms with Crippen LogP contribution in [-0.2, 0) is 27.4 Å². The Morgan fingerprint density at radius 2 is 1.74 bits per heavy atom. The SMILES string of the molecule is CC(C)(CC(=O)[C@@H](Cc1c[nH]c2ccccc12)NC(=O)OCc1ccccc1)C(=O)O. The summed E-state index contributed by atoms with van der Waals surface area (Å²) in [6.07, 6.45) is 1.08. The van der Waals surface area contributed by atoms with E-state index in [0.29, 0.717) is 0 Å². The molecule has 0 radical (unpaired) electrons. The molecule has 3 aromatic rings. The van der Waals surface area contributed by atoms with Gasteiger partial charge in [0.05, 0.1) is 11.5 Å². The summed E-state index contributed by atoms with van der Waals surface area (Å²) < 4.78 is 5.27. The first kappa shape index (κ1) is 22.1. The fourth-order valence-electron chi connectivity index (χ4n) is 3.31. The number of rotatable bonds is 9. The predicted octanol–water partition coefficient (Wildman–Crippen LogP) is 4.08. The zero-order valence-corrected chi connectivity index (χ0v) is 17.6. The van der Waals surface area contributed by atoms with Gasteiger partial charge in [0.2, 0.25) is 0 Å². The highest BCUT2D eigenvalue weighted by atomic mass is 16.5. The molecule has 1 aromatic heterocycles. The molecular formula is C24H26N2O5. The fourth-order valence-corrected chi connectivity index (χ4v) is 3.31. The number of aliphatic carboxylic acids is 1. The van der Waals surface area contributed by atoms with E-state index in [1.165, 1.54) is 13.8 Å². The van der Waals surface area contributed by atoms with E-state index >= 15 is 0 Å². The molecule has 3 rings (SSSR count). The van der Waals surface area contributed by atoms with Crippen molar-refractivity contribution in [3.8, 4) is 0 Å². The molecule has 0 aliphatic rings. The molecule has 3 N–H and O–H groups in total. The van der Waals surface area contributed by atoms with Crippen LogP contribution in [0.4, 0.5) is 4.79 Å². The Bertz CT molecular complexity index is 1070. The van der Waals surface area contributed by atoms with Crippen molar-refractivity contribution in [1.82, 2.24) is 10.3 Å². The smallest absolute Gasteiger partial charge is 0.408 e. The summed E-state index contributed by atoms with van der Waals surface area (Å²) in [6, 6.07) is 15.9. The molecular weight excluding hydrogens is 396 g/mol. The second kappa shape index (κ2) is 9.47. The second-order valence-corrected chi connectivity index (χ2v) is 8.15. The number of carboxylic acid groups (broad SMARTS) is 1. The average molecular weight is 422 g/mol. The van der Waals surface area contributed by atoms with Crippen molar-refractivity contribution in [2.75, 3.05) is 0 Å². The zero-order valence-electron chi connectivity index (χ0n) is 17.6. The number of amides is 1. The number of hydrogen-bond acceptors (Lipinski definition) is 4. The van der Waals surface area contributed by atoms with Gasteiger partial charge in [0, 0.05) is 29.9 Å². The third kappa shape index (κ3) is 5.72. The number of alkyl carbamates (subject to hydrolysis) is 1. The van der Waals surface area contributed by atoms with Crippen molar-refractivity contribution in [1.29, 1.82) is 0 Å². The van der Waals surface area contributed by atoms with E-state index in [1.54, 1.807) is 6.20 Å². The van der Waals surface area contributed by atoms with E-state index < -0.39 is 23.5 Å². The lowest BCUT2D eigenvalue weighted by molar-refractivity contribution is -0.149. The molecule has 162 valence electrons. The summed E-state index contributed by atoms with van der Waals surface area (Å²) in [5.41, 5.74) is 1.35. The Morgan fingerprint density at radius 3 is 2.45 bits per heavy atom. The number of ketones is 1. The number of carbonyl (C=O) groups is 3. The van der Waals surface area contributed by atoms with Gasteiger partial charge < -0.3 is 20.1 Å². The third-order valence-corrected chi connectivity index (χ3v) is 5.19. The number of ether oxygens (including phenoxy) is 1. The highest BCUT2D eigenvalue weighted by Crippen LogP contribution is 2.24. The number of carbonyl (C=O) groups excluding carboxylic acids is 2. The van der Waals surface area contributed by atoms with Gasteiger partial charge >= 0.3 is 12.1 Å². The standard InChI is InChI=1S/C24H26N2O5/c1-24(2,22(28)29)13-21(27)20(12-17-14-25-19-11-7-6-10-18(17)19)26-23(30)31-15-16-8-4-3-5-9-16/h3-11,14,20,25H,12-13,15H2,1-2H3,(H,26,30)(H,28,29)/t20-/m1/s1. The van der Waals surface area contributed by atoms with E-state index in [4.69, 9.17) is 4.74 Å². The van der Waals surface area contributed by atoms with Crippen LogP contribution in [0.1, 0.15) is 31.4 Å². The molecule has 2 aromatic carbocycles. The van der Waals surface area contributed by atoms with Crippen molar-refractivity contribution in [2.45, 2.75) is 39.3 Å². The first-order valence-corrected chi connectivity index (χ1v) is 10.0. The van der Waals surface area contributed by atoms with Crippen LogP contribution < -0.4 is 5.32 Å². The van der Waals surface area contributed by atoms with Crippen molar-refractivity contribution in [3.63, 3.8) is 0 Å². The van der Waals surface area contributed by atoms with Crippen molar-refractivity contribution >= 4 is 28.7 Å². The van der Waals surface area contributed by atoms with E-state index in [1.807, 2.05) is 54.6 Å². The monoisotopic (exact) mass is 422 g/mol. The quantitative estimate of drug-likeness (QED) is 0.482. The maximum Gasteiger partial charge on any atom is 0.408 e. The van der Waals surface area contributed by atoms with Crippen molar-refractivity contribution in [3.05, 3.63) is 71.9 Å². The van der Waals surface area contributed by atoms with Crippen molar-refractivity contribution < 1.29 is 24.2 Å². The number of aromatic amines is 1. The van der Waals surface area contributed by atoms with Crippen LogP contribution in [0.15, 0.2) is 60.8 Å². The second-order valence-electron chi connectivity index (χ2n) is 8.15. The van der Waals surface area contributed by atoms with Gasteiger partial charge in [-0.05, 0) is 31.0 Å². The zero-order chi connectivity index (χ0) is 22.4. The summed E-state index contributed by atoms with van der Waals surface area (Å²) in [4.78, 5) is 40.0. The molecule has 0 spiro atoms. The molecule has 0 bridgehead atoms. The molecule has 7 heteroatoms. The number of benzene rings is 2. The molecule has 1 heterocycles. The first-order chi connectivity index (χ1) is 14.8. The third-order valence-electron chi connectivity index (χ3n) is 5.19. The molecule has 1 atom stereocenters. The van der Waals surface area contributed by atoms with Gasteiger partial charge in [0.1, 0.15) is 6.61 Å². The van der Waals surface area contributed by atoms with Crippen LogP contribution in [0.3, 0.4) is 0 Å². The van der Waals surface area contributed by atoms with Crippen LogP contribution in [-0.4, -0.2) is 34.0 Å². The Labute approximate surface area is 180 Å². The predicted molar refractivity (Wildman–Crippen MR) is 117 cm³/mol. The number of aromatic nitrogens is 1. The number of carboxylic acids is 1. The maximum absolute atomic E-state index is 13.0. The maximum atomic E-state index is 13.0. The fraction of sp³-hybridized carbons (Fsp3) is 0.292. The lowest BCUT2D eigenvalue weighted by Gasteiger charge is -2.23. The number of Topliss-reactive ketones (excluding diaryl/α,β-unsaturated/α-hetero) is 1. The molecule has 0 fully saturated rings. The van der Waals surface area contributed by atoms with Crippen LogP contribution in [0.25, 0.3) is 10.9 Å². The Balaban J connectivity index is 1.75. The molecule has 0 saturated heterocycles. The van der Waals surface area contributed by atoms with Gasteiger partial charge in [-0.1, -0.05) is 48.5 Å². The minimum Gasteiger partial charge on any atom is -0.481 e. The lowest BCUT2D eigenvalue weighted by atomic mass is 9.84. The average Bonchev–Trinajstić information content (AvgIpc) is 3.15. The molecule has 0 unspecified atom stereocenters. The molecule has 31 heavy (non-hydrogen) atoms. The molecule has 1 amide bonds. The summed E-state index contributed by atoms with van der Waals surface area (Å²) in [7, 11) is 0. The number of H-pyrrole nitrogens is 1. The Hall–Kier alpha value is -3.61. The summed E-state index contributed by atoms with van der Waals surface area (Å²) >= 11 is 0. The molecule has 0 aliphatic carbocycles. The van der Waals surface area contributed by atoms with Crippen LogP contribution >= 0.6 is 0 Å². The largest absolute Gasteiger partial charge is 0.481 e. The van der Waals surface area contributed by atoms with Gasteiger partial charge in [0.15, 0.2) is 5.78 Å². The van der Waals surface area contributed by atoms with Gasteiger partial charge in [0.25, 0.3) is 0 Å². The summed E-state index contributed by atoms with van der Waals surface area (Å²) in [5, 5.41) is 13.0. The lowest BCUT2D eigenvalue weighted by Crippen LogP contribution is -2.44. The minimum absolute atomic E-state index is 0.0707. The van der Waals surface area contributed by atoms with Gasteiger partial charge in [-0.3, -0.25) is 9.59 Å². The van der Waals surface area contributed by atoms with Gasteiger partial charge in [-0.25, -0.2) is 4.79 Å². The normalized spacial score (nSPS) is 12.3. The molecule has 7 nitrogen and oxygen atoms in total. The van der Waals surface area contributed by atoms with Crippen LogP contribution in [0.5, 0.6) is 0 Å². The minimum atomic E-state index is -1.24. The van der Waals surface area contributed by atoms with E-state index in [0.717, 1.165) is 22.0 Å². The molecule has 0 saturated carbocycles. The van der Waals surface area contributed by atoms with Gasteiger partial charge in [-0.2, -0.15) is 0 Å². The number of hydrogen-bond donors (Lipinski definition) is 3. The topological polar surface area (TPSA) is 108 Å². The van der Waals surface area contributed by atoms with E-state index in [9.17, 15) is 19.5 Å². The molecule has 0 aliphatic heterocycles. The number of para-hydroxylation sites is 1. The van der Waals surface area contributed by atoms with Gasteiger partial charge in [-0.15, -0.1) is 0 Å². The summed E-state index contributed by atoms with van der Waals surface area (Å²) in [6.45, 7) is 3.05.